The van der Waals surface area contributed by atoms with Gasteiger partial charge in [0.25, 0.3) is 5.91 Å². The van der Waals surface area contributed by atoms with Crippen molar-refractivity contribution in [2.75, 3.05) is 19.8 Å². The Morgan fingerprint density at radius 3 is 2.33 bits per heavy atom. The Hall–Kier alpha value is -5.34. The van der Waals surface area contributed by atoms with Crippen molar-refractivity contribution in [1.82, 2.24) is 10.6 Å². The number of nitrogens with one attached hydrogen (secondary N) is 2. The molecule has 0 aromatic heterocycles. The number of esters is 2. The van der Waals surface area contributed by atoms with Crippen LogP contribution in [0, 0.1) is 0 Å². The van der Waals surface area contributed by atoms with Crippen molar-refractivity contribution < 1.29 is 73.1 Å². The van der Waals surface area contributed by atoms with Crippen LogP contribution < -0.4 is 10.6 Å². The second kappa shape index (κ2) is 21.1. The molecule has 2 saturated heterocycles. The van der Waals surface area contributed by atoms with E-state index in [1.807, 2.05) is 24.3 Å². The highest BCUT2D eigenvalue weighted by atomic mass is 16.8. The lowest BCUT2D eigenvalue weighted by atomic mass is 9.91. The Balaban J connectivity index is 1.01. The molecule has 4 aliphatic rings. The summed E-state index contributed by atoms with van der Waals surface area (Å²) in [6.07, 6.45) is -3.54. The largest absolute Gasteiger partial charge is 0.460 e. The van der Waals surface area contributed by atoms with Crippen molar-refractivity contribution in [2.45, 2.75) is 126 Å². The van der Waals surface area contributed by atoms with Crippen LogP contribution in [-0.4, -0.2) is 136 Å². The van der Waals surface area contributed by atoms with Crippen molar-refractivity contribution in [3.63, 3.8) is 0 Å². The van der Waals surface area contributed by atoms with E-state index in [0.717, 1.165) is 11.1 Å². The standard InChI is InChI=1S/C49H58N2O15/c1-48(2,3)65-39(54)18-17-34(26-52)51-45(59)30-14-8-10-28(20-30)25-50-44(58)33-21-36(43-37(22-33)64-49(66-43)23-31-12-4-5-13-32(31)24-49)62-46(60)35-16-7-6-11-29(35)15-9-19-61-47-42(57)41(56)40(55)38(27-53)63-47/h4-16,20,22,34,36-38,40-43,47,52-53,55-57H,17-19,21,23-27H2,1-3H3,(H,50,58)(H,51,59). The van der Waals surface area contributed by atoms with E-state index in [-0.39, 0.29) is 44.6 Å². The van der Waals surface area contributed by atoms with Gasteiger partial charge in [0.15, 0.2) is 12.1 Å². The molecule has 7 rings (SSSR count). The number of carbonyl (C=O) groups excluding carboxylic acids is 4. The molecule has 0 saturated carbocycles. The monoisotopic (exact) mass is 914 g/mol. The fraction of sp³-hybridized carbons (Fsp3) is 0.469. The highest BCUT2D eigenvalue weighted by molar-refractivity contribution is 5.96. The van der Waals surface area contributed by atoms with Crippen LogP contribution in [-0.2, 0) is 57.4 Å². The van der Waals surface area contributed by atoms with E-state index in [1.54, 1.807) is 87.5 Å². The number of benzene rings is 3. The molecule has 2 fully saturated rings. The van der Waals surface area contributed by atoms with Crippen molar-refractivity contribution in [2.24, 2.45) is 0 Å². The zero-order valence-electron chi connectivity index (χ0n) is 37.0. The van der Waals surface area contributed by atoms with Crippen LogP contribution in [0.15, 0.2) is 90.5 Å². The molecule has 0 radical (unpaired) electrons. The molecular weight excluding hydrogens is 857 g/mol. The first-order chi connectivity index (χ1) is 31.5. The highest BCUT2D eigenvalue weighted by Gasteiger charge is 2.55. The van der Waals surface area contributed by atoms with Crippen LogP contribution in [0.5, 0.6) is 0 Å². The van der Waals surface area contributed by atoms with Gasteiger partial charge in [-0.3, -0.25) is 14.4 Å². The lowest BCUT2D eigenvalue weighted by molar-refractivity contribution is -0.298. The van der Waals surface area contributed by atoms with Crippen molar-refractivity contribution >= 4 is 29.8 Å². The summed E-state index contributed by atoms with van der Waals surface area (Å²) in [6, 6.07) is 20.6. The average Bonchev–Trinajstić information content (AvgIpc) is 3.85. The summed E-state index contributed by atoms with van der Waals surface area (Å²) in [5.41, 5.74) is 3.39. The van der Waals surface area contributed by atoms with E-state index in [4.69, 9.17) is 28.4 Å². The normalized spacial score (nSPS) is 26.0. The number of carbonyl (C=O) groups is 4. The Morgan fingerprint density at radius 1 is 0.894 bits per heavy atom. The van der Waals surface area contributed by atoms with Gasteiger partial charge in [-0.1, -0.05) is 66.7 Å². The summed E-state index contributed by atoms with van der Waals surface area (Å²) in [7, 11) is 0. The fourth-order valence-electron chi connectivity index (χ4n) is 8.50. The number of amides is 2. The number of aliphatic hydroxyl groups is 5. The van der Waals surface area contributed by atoms with E-state index < -0.39 is 96.8 Å². The molecule has 17 nitrogen and oxygen atoms in total. The molecule has 0 bridgehead atoms. The Labute approximate surface area is 382 Å². The van der Waals surface area contributed by atoms with Gasteiger partial charge in [0.2, 0.25) is 5.91 Å². The van der Waals surface area contributed by atoms with Gasteiger partial charge in [-0.05, 0) is 73.7 Å². The molecule has 3 aromatic rings. The molecule has 9 atom stereocenters. The molecule has 7 N–H and O–H groups in total. The number of rotatable bonds is 16. The predicted octanol–water partition coefficient (Wildman–Crippen LogP) is 2.18. The number of aliphatic hydroxyl groups excluding tert-OH is 5. The summed E-state index contributed by atoms with van der Waals surface area (Å²) < 4.78 is 35.8. The summed E-state index contributed by atoms with van der Waals surface area (Å²) in [4.78, 5) is 53.4. The van der Waals surface area contributed by atoms with Gasteiger partial charge in [-0.25, -0.2) is 4.79 Å². The topological polar surface area (TPSA) is 249 Å². The minimum absolute atomic E-state index is 0.00433. The lowest BCUT2D eigenvalue weighted by Gasteiger charge is -2.39. The van der Waals surface area contributed by atoms with Gasteiger partial charge >= 0.3 is 11.9 Å². The van der Waals surface area contributed by atoms with Crippen LogP contribution in [0.25, 0.3) is 6.08 Å². The molecule has 3 aromatic carbocycles. The molecule has 2 aliphatic carbocycles. The number of hydrogen-bond acceptors (Lipinski definition) is 15. The first kappa shape index (κ1) is 48.6. The number of hydrogen-bond donors (Lipinski definition) is 7. The van der Waals surface area contributed by atoms with E-state index in [9.17, 15) is 44.7 Å². The second-order valence-electron chi connectivity index (χ2n) is 17.9. The minimum Gasteiger partial charge on any atom is -0.460 e. The van der Waals surface area contributed by atoms with E-state index in [1.165, 1.54) is 0 Å². The van der Waals surface area contributed by atoms with Crippen LogP contribution in [0.1, 0.15) is 83.0 Å². The quantitative estimate of drug-likeness (QED) is 0.102. The van der Waals surface area contributed by atoms with Gasteiger partial charge in [0.1, 0.15) is 48.3 Å². The average molecular weight is 915 g/mol. The van der Waals surface area contributed by atoms with Crippen molar-refractivity contribution in [3.05, 3.63) is 124 Å². The van der Waals surface area contributed by atoms with Crippen LogP contribution >= 0.6 is 0 Å². The third-order valence-electron chi connectivity index (χ3n) is 11.8. The molecule has 2 heterocycles. The van der Waals surface area contributed by atoms with Gasteiger partial charge in [0, 0.05) is 43.4 Å². The fourth-order valence-corrected chi connectivity index (χ4v) is 8.50. The second-order valence-corrected chi connectivity index (χ2v) is 17.9. The smallest absolute Gasteiger partial charge is 0.339 e. The SMILES string of the molecule is CC(C)(C)OC(=O)CCC(CO)NC(=O)c1cccc(CNC(=O)C2=CC3OC4(Cc5ccccc5C4)OC3C(OC(=O)c3ccccc3C=CCOC3OC(CO)C(O)C(O)C3O)C2)c1. The van der Waals surface area contributed by atoms with Gasteiger partial charge in [-0.2, -0.15) is 0 Å². The van der Waals surface area contributed by atoms with Gasteiger partial charge in [0.05, 0.1) is 31.4 Å². The summed E-state index contributed by atoms with van der Waals surface area (Å²) in [5, 5.41) is 55.6. The third-order valence-corrected chi connectivity index (χ3v) is 11.8. The Bertz CT molecular complexity index is 2260. The molecule has 17 heteroatoms. The molecule has 354 valence electrons. The first-order valence-electron chi connectivity index (χ1n) is 22.1. The molecule has 66 heavy (non-hydrogen) atoms. The van der Waals surface area contributed by atoms with Crippen LogP contribution in [0.4, 0.5) is 0 Å². The molecule has 2 amide bonds. The zero-order valence-corrected chi connectivity index (χ0v) is 37.0. The first-order valence-corrected chi connectivity index (χ1v) is 22.1. The van der Waals surface area contributed by atoms with Gasteiger partial charge in [-0.15, -0.1) is 0 Å². The predicted molar refractivity (Wildman–Crippen MR) is 235 cm³/mol. The maximum Gasteiger partial charge on any atom is 0.339 e. The summed E-state index contributed by atoms with van der Waals surface area (Å²) in [5.74, 6) is -3.04. The minimum atomic E-state index is -1.59. The number of ether oxygens (including phenoxy) is 6. The highest BCUT2D eigenvalue weighted by Crippen LogP contribution is 2.45. The van der Waals surface area contributed by atoms with E-state index in [2.05, 4.69) is 10.6 Å². The van der Waals surface area contributed by atoms with E-state index in [0.29, 0.717) is 35.1 Å². The lowest BCUT2D eigenvalue weighted by Crippen LogP contribution is -2.59. The van der Waals surface area contributed by atoms with Crippen molar-refractivity contribution in [3.8, 4) is 0 Å². The molecule has 9 unspecified atom stereocenters. The Kier molecular flexibility index (Phi) is 15.5. The van der Waals surface area contributed by atoms with Crippen LogP contribution in [0.3, 0.4) is 0 Å². The summed E-state index contributed by atoms with van der Waals surface area (Å²) >= 11 is 0. The van der Waals surface area contributed by atoms with E-state index >= 15 is 0 Å². The van der Waals surface area contributed by atoms with Gasteiger partial charge < -0.3 is 64.6 Å². The maximum atomic E-state index is 14.0. The molecule has 2 aliphatic heterocycles. The molecule has 1 spiro atoms. The third kappa shape index (κ3) is 11.8. The van der Waals surface area contributed by atoms with Crippen LogP contribution in [0.2, 0.25) is 0 Å². The summed E-state index contributed by atoms with van der Waals surface area (Å²) in [6.45, 7) is 4.22. The maximum absolute atomic E-state index is 14.0. The Morgan fingerprint density at radius 2 is 1.62 bits per heavy atom. The zero-order chi connectivity index (χ0) is 47.2. The number of fused-ring (bicyclic) bond motifs is 2. The van der Waals surface area contributed by atoms with Crippen molar-refractivity contribution in [1.29, 1.82) is 0 Å². The molecular formula is C49H58N2O15.